The van der Waals surface area contributed by atoms with Crippen LogP contribution in [0.25, 0.3) is 0 Å². The third-order valence-corrected chi connectivity index (χ3v) is 3.81. The minimum absolute atomic E-state index is 0.751. The average Bonchev–Trinajstić information content (AvgIpc) is 2.46. The highest BCUT2D eigenvalue weighted by atomic mass is 35.5. The second-order valence-corrected chi connectivity index (χ2v) is 4.57. The Labute approximate surface area is 68.0 Å². The van der Waals surface area contributed by atoms with Crippen LogP contribution >= 0.6 is 11.6 Å². The molecule has 0 aromatic rings. The van der Waals surface area contributed by atoms with Gasteiger partial charge in [-0.05, 0) is 36.5 Å². The Bertz CT molecular complexity index is 144. The van der Waals surface area contributed by atoms with E-state index in [1.807, 2.05) is 0 Å². The Morgan fingerprint density at radius 3 is 2.70 bits per heavy atom. The summed E-state index contributed by atoms with van der Waals surface area (Å²) in [5, 5.41) is 0. The van der Waals surface area contributed by atoms with E-state index >= 15 is 0 Å². The lowest BCUT2D eigenvalue weighted by atomic mass is 10.0. The molecule has 10 heavy (non-hydrogen) atoms. The zero-order chi connectivity index (χ0) is 7.19. The first-order valence-corrected chi connectivity index (χ1v) is 4.86. The van der Waals surface area contributed by atoms with E-state index in [4.69, 9.17) is 11.6 Å². The third-order valence-electron chi connectivity index (χ3n) is 3.44. The Morgan fingerprint density at radius 1 is 1.50 bits per heavy atom. The van der Waals surface area contributed by atoms with Crippen molar-refractivity contribution in [3.05, 3.63) is 0 Å². The van der Waals surface area contributed by atoms with Gasteiger partial charge < -0.3 is 0 Å². The van der Waals surface area contributed by atoms with Crippen LogP contribution in [0.4, 0.5) is 0 Å². The van der Waals surface area contributed by atoms with E-state index in [0.717, 1.165) is 23.1 Å². The summed E-state index contributed by atoms with van der Waals surface area (Å²) in [6, 6.07) is 0. The van der Waals surface area contributed by atoms with Gasteiger partial charge in [0, 0.05) is 5.88 Å². The van der Waals surface area contributed by atoms with Gasteiger partial charge in [-0.15, -0.1) is 11.6 Å². The lowest BCUT2D eigenvalue weighted by Gasteiger charge is -2.05. The number of hydrogen-bond acceptors (Lipinski definition) is 0. The van der Waals surface area contributed by atoms with Crippen molar-refractivity contribution in [3.63, 3.8) is 0 Å². The maximum absolute atomic E-state index is 5.82. The molecule has 2 saturated carbocycles. The molecule has 1 spiro atoms. The Balaban J connectivity index is 1.96. The van der Waals surface area contributed by atoms with Crippen LogP contribution in [-0.2, 0) is 0 Å². The summed E-state index contributed by atoms with van der Waals surface area (Å²) in [5.74, 6) is 2.78. The highest BCUT2D eigenvalue weighted by molar-refractivity contribution is 6.18. The minimum atomic E-state index is 0.751. The molecule has 0 aliphatic heterocycles. The molecule has 2 aliphatic rings. The smallest absolute Gasteiger partial charge is 0.0257 e. The summed E-state index contributed by atoms with van der Waals surface area (Å²) in [6.45, 7) is 2.37. The van der Waals surface area contributed by atoms with Crippen LogP contribution in [0, 0.1) is 17.3 Å². The van der Waals surface area contributed by atoms with Crippen LogP contribution in [0.2, 0.25) is 0 Å². The van der Waals surface area contributed by atoms with Gasteiger partial charge in [-0.2, -0.15) is 0 Å². The Kier molecular flexibility index (Phi) is 1.49. The molecular formula is C9H15Cl. The van der Waals surface area contributed by atoms with Gasteiger partial charge in [-0.1, -0.05) is 13.3 Å². The number of hydrogen-bond donors (Lipinski definition) is 0. The lowest BCUT2D eigenvalue weighted by molar-refractivity contribution is 0.463. The summed E-state index contributed by atoms with van der Waals surface area (Å²) in [5.41, 5.74) is 0.751. The number of alkyl halides is 1. The molecule has 2 rings (SSSR count). The molecule has 58 valence electrons. The number of halogens is 1. The second kappa shape index (κ2) is 2.14. The van der Waals surface area contributed by atoms with E-state index < -0.39 is 0 Å². The molecule has 3 unspecified atom stereocenters. The Hall–Kier alpha value is 0.290. The Morgan fingerprint density at radius 2 is 2.30 bits per heavy atom. The van der Waals surface area contributed by atoms with Crippen LogP contribution < -0.4 is 0 Å². The fraction of sp³-hybridized carbons (Fsp3) is 1.00. The van der Waals surface area contributed by atoms with Gasteiger partial charge in [0.25, 0.3) is 0 Å². The predicted octanol–water partition coefficient (Wildman–Crippen LogP) is 3.05. The van der Waals surface area contributed by atoms with Crippen molar-refractivity contribution in [2.75, 3.05) is 5.88 Å². The normalized spacial score (nSPS) is 52.2. The summed E-state index contributed by atoms with van der Waals surface area (Å²) < 4.78 is 0. The molecule has 2 aliphatic carbocycles. The van der Waals surface area contributed by atoms with Crippen molar-refractivity contribution in [3.8, 4) is 0 Å². The van der Waals surface area contributed by atoms with Gasteiger partial charge in [-0.3, -0.25) is 0 Å². The van der Waals surface area contributed by atoms with Crippen LogP contribution in [0.3, 0.4) is 0 Å². The van der Waals surface area contributed by atoms with Crippen molar-refractivity contribution in [1.82, 2.24) is 0 Å². The van der Waals surface area contributed by atoms with Gasteiger partial charge in [-0.25, -0.2) is 0 Å². The van der Waals surface area contributed by atoms with E-state index in [0.29, 0.717) is 0 Å². The topological polar surface area (TPSA) is 0 Å². The molecule has 0 nitrogen and oxygen atoms in total. The molecule has 1 heteroatoms. The summed E-state index contributed by atoms with van der Waals surface area (Å²) in [7, 11) is 0. The SMILES string of the molecule is CC1CCC2(C1)CC2CCl. The zero-order valence-corrected chi connectivity index (χ0v) is 7.32. The largest absolute Gasteiger partial charge is 0.126 e. The standard InChI is InChI=1S/C9H15Cl/c1-7-2-3-9(4-7)5-8(9)6-10/h7-8H,2-6H2,1H3. The highest BCUT2D eigenvalue weighted by Crippen LogP contribution is 2.64. The van der Waals surface area contributed by atoms with Gasteiger partial charge >= 0.3 is 0 Å². The molecule has 0 aromatic heterocycles. The maximum atomic E-state index is 5.82. The first kappa shape index (κ1) is 6.97. The quantitative estimate of drug-likeness (QED) is 0.515. The second-order valence-electron chi connectivity index (χ2n) is 4.27. The monoisotopic (exact) mass is 158 g/mol. The van der Waals surface area contributed by atoms with Crippen molar-refractivity contribution in [2.24, 2.45) is 17.3 Å². The van der Waals surface area contributed by atoms with Gasteiger partial charge in [0.05, 0.1) is 0 Å². The predicted molar refractivity (Wildman–Crippen MR) is 44.3 cm³/mol. The lowest BCUT2D eigenvalue weighted by Crippen LogP contribution is -1.98. The van der Waals surface area contributed by atoms with Crippen LogP contribution in [0.15, 0.2) is 0 Å². The highest BCUT2D eigenvalue weighted by Gasteiger charge is 2.55. The van der Waals surface area contributed by atoms with Gasteiger partial charge in [0.1, 0.15) is 0 Å². The van der Waals surface area contributed by atoms with Gasteiger partial charge in [0.2, 0.25) is 0 Å². The molecule has 0 N–H and O–H groups in total. The molecule has 0 saturated heterocycles. The molecule has 0 bridgehead atoms. The number of rotatable bonds is 1. The van der Waals surface area contributed by atoms with Crippen molar-refractivity contribution in [2.45, 2.75) is 32.6 Å². The molecule has 0 amide bonds. The molecule has 0 radical (unpaired) electrons. The minimum Gasteiger partial charge on any atom is -0.126 e. The zero-order valence-electron chi connectivity index (χ0n) is 6.57. The molecular weight excluding hydrogens is 144 g/mol. The van der Waals surface area contributed by atoms with E-state index in [1.165, 1.54) is 25.7 Å². The van der Waals surface area contributed by atoms with E-state index in [9.17, 15) is 0 Å². The van der Waals surface area contributed by atoms with Crippen LogP contribution in [-0.4, -0.2) is 5.88 Å². The molecule has 0 aromatic carbocycles. The van der Waals surface area contributed by atoms with E-state index in [1.54, 1.807) is 0 Å². The van der Waals surface area contributed by atoms with E-state index in [-0.39, 0.29) is 0 Å². The first-order chi connectivity index (χ1) is 4.77. The fourth-order valence-corrected chi connectivity index (χ4v) is 3.07. The summed E-state index contributed by atoms with van der Waals surface area (Å²) in [6.07, 6.45) is 5.81. The van der Waals surface area contributed by atoms with Crippen LogP contribution in [0.1, 0.15) is 32.6 Å². The molecule has 2 fully saturated rings. The van der Waals surface area contributed by atoms with Crippen LogP contribution in [0.5, 0.6) is 0 Å². The van der Waals surface area contributed by atoms with Crippen molar-refractivity contribution in [1.29, 1.82) is 0 Å². The maximum Gasteiger partial charge on any atom is 0.0257 e. The summed E-state index contributed by atoms with van der Waals surface area (Å²) in [4.78, 5) is 0. The molecule has 0 heterocycles. The average molecular weight is 159 g/mol. The summed E-state index contributed by atoms with van der Waals surface area (Å²) >= 11 is 5.82. The van der Waals surface area contributed by atoms with Crippen molar-refractivity contribution < 1.29 is 0 Å². The third kappa shape index (κ3) is 0.887. The van der Waals surface area contributed by atoms with E-state index in [2.05, 4.69) is 6.92 Å². The fourth-order valence-electron chi connectivity index (χ4n) is 2.64. The first-order valence-electron chi connectivity index (χ1n) is 4.33. The van der Waals surface area contributed by atoms with Crippen molar-refractivity contribution >= 4 is 11.6 Å². The van der Waals surface area contributed by atoms with Gasteiger partial charge in [0.15, 0.2) is 0 Å². The molecule has 3 atom stereocenters.